The van der Waals surface area contributed by atoms with Gasteiger partial charge < -0.3 is 23.8 Å². The molecule has 0 heterocycles. The lowest BCUT2D eigenvalue weighted by molar-refractivity contribution is -0.167. The highest BCUT2D eigenvalue weighted by atomic mass is 31.2. The third-order valence-corrected chi connectivity index (χ3v) is 5.41. The van der Waals surface area contributed by atoms with Crippen LogP contribution in [0.4, 0.5) is 18.9 Å². The van der Waals surface area contributed by atoms with Crippen molar-refractivity contribution in [3.63, 3.8) is 0 Å². The Kier molecular flexibility index (Phi) is 8.08. The highest BCUT2D eigenvalue weighted by Crippen LogP contribution is 2.61. The van der Waals surface area contributed by atoms with Crippen LogP contribution in [-0.2, 0) is 23.1 Å². The smallest absolute Gasteiger partial charge is 0.471 e. The molecule has 1 aromatic rings. The zero-order chi connectivity index (χ0) is 20.0. The van der Waals surface area contributed by atoms with E-state index in [0.717, 1.165) is 0 Å². The number of carbonyl (C=O) groups excluding carboxylic acids is 1. The summed E-state index contributed by atoms with van der Waals surface area (Å²) in [7, 11) is -1.24. The number of anilines is 1. The first-order valence-electron chi connectivity index (χ1n) is 7.60. The SMILES string of the molecule is CCOP(=O)(OCC)C(OC)c1cc(NC(=O)C(F)(F)F)cc(OC)c1. The Morgan fingerprint density at radius 1 is 1.15 bits per heavy atom. The molecule has 0 aliphatic heterocycles. The number of ether oxygens (including phenoxy) is 2. The Bertz CT molecular complexity index is 657. The van der Waals surface area contributed by atoms with E-state index >= 15 is 0 Å². The van der Waals surface area contributed by atoms with Gasteiger partial charge in [-0.3, -0.25) is 9.36 Å². The number of benzene rings is 1. The first-order chi connectivity index (χ1) is 12.1. The Morgan fingerprint density at radius 3 is 2.15 bits per heavy atom. The molecule has 1 aromatic carbocycles. The maximum atomic E-state index is 13.0. The van der Waals surface area contributed by atoms with Crippen molar-refractivity contribution >= 4 is 19.2 Å². The van der Waals surface area contributed by atoms with Gasteiger partial charge in [0.25, 0.3) is 0 Å². The van der Waals surface area contributed by atoms with Crippen LogP contribution < -0.4 is 10.1 Å². The third-order valence-electron chi connectivity index (χ3n) is 3.09. The Morgan fingerprint density at radius 2 is 1.73 bits per heavy atom. The van der Waals surface area contributed by atoms with Gasteiger partial charge >= 0.3 is 19.7 Å². The van der Waals surface area contributed by atoms with Crippen LogP contribution in [0.1, 0.15) is 25.3 Å². The van der Waals surface area contributed by atoms with E-state index in [4.69, 9.17) is 18.5 Å². The minimum atomic E-state index is -5.06. The summed E-state index contributed by atoms with van der Waals surface area (Å²) in [5, 5.41) is 1.72. The zero-order valence-electron chi connectivity index (χ0n) is 14.8. The van der Waals surface area contributed by atoms with Crippen molar-refractivity contribution in [3.8, 4) is 5.75 Å². The zero-order valence-corrected chi connectivity index (χ0v) is 15.6. The molecule has 0 spiro atoms. The average molecular weight is 399 g/mol. The van der Waals surface area contributed by atoms with Crippen LogP contribution >= 0.6 is 7.60 Å². The second-order valence-corrected chi connectivity index (χ2v) is 6.98. The van der Waals surface area contributed by atoms with Crippen LogP contribution in [0.15, 0.2) is 18.2 Å². The van der Waals surface area contributed by atoms with Crippen molar-refractivity contribution in [2.24, 2.45) is 0 Å². The van der Waals surface area contributed by atoms with Crippen LogP contribution in [0.2, 0.25) is 0 Å². The predicted molar refractivity (Wildman–Crippen MR) is 88.3 cm³/mol. The van der Waals surface area contributed by atoms with Crippen LogP contribution in [0, 0.1) is 0 Å². The molecule has 1 atom stereocenters. The summed E-state index contributed by atoms with van der Waals surface area (Å²) in [4.78, 5) is 11.2. The van der Waals surface area contributed by atoms with E-state index in [1.54, 1.807) is 19.2 Å². The number of methoxy groups -OCH3 is 2. The number of hydrogen-bond donors (Lipinski definition) is 1. The minimum absolute atomic E-state index is 0.0682. The van der Waals surface area contributed by atoms with Gasteiger partial charge in [-0.25, -0.2) is 0 Å². The normalized spacial score (nSPS) is 13.3. The van der Waals surface area contributed by atoms with Gasteiger partial charge in [-0.1, -0.05) is 0 Å². The summed E-state index contributed by atoms with van der Waals surface area (Å²) in [5.41, 5.74) is -0.0437. The van der Waals surface area contributed by atoms with Crippen molar-refractivity contribution in [3.05, 3.63) is 23.8 Å². The van der Waals surface area contributed by atoms with Gasteiger partial charge in [0.15, 0.2) is 5.85 Å². The van der Waals surface area contributed by atoms with Crippen LogP contribution in [0.25, 0.3) is 0 Å². The lowest BCUT2D eigenvalue weighted by atomic mass is 10.2. The minimum Gasteiger partial charge on any atom is -0.497 e. The van der Waals surface area contributed by atoms with Crippen molar-refractivity contribution in [2.45, 2.75) is 25.9 Å². The second kappa shape index (κ2) is 9.36. The van der Waals surface area contributed by atoms with Gasteiger partial charge in [-0.15, -0.1) is 0 Å². The fourth-order valence-corrected chi connectivity index (χ4v) is 3.97. The van der Waals surface area contributed by atoms with E-state index in [2.05, 4.69) is 0 Å². The summed E-state index contributed by atoms with van der Waals surface area (Å²) in [6.45, 7) is 3.36. The highest BCUT2D eigenvalue weighted by Gasteiger charge is 2.40. The Hall–Kier alpha value is -1.61. The molecule has 0 aliphatic rings. The molecular formula is C15H21F3NO6P. The standard InChI is InChI=1S/C15H21F3NO6P/c1-5-24-26(21,25-6-2)13(23-4)10-7-11(9-12(8-10)22-3)19-14(20)15(16,17)18/h7-9,13H,5-6H2,1-4H3,(H,19,20). The molecule has 0 saturated carbocycles. The number of rotatable bonds is 9. The number of amides is 1. The van der Waals surface area contributed by atoms with E-state index in [-0.39, 0.29) is 30.2 Å². The molecule has 148 valence electrons. The molecule has 11 heteroatoms. The molecule has 0 fully saturated rings. The van der Waals surface area contributed by atoms with Gasteiger partial charge in [0.2, 0.25) is 0 Å². The van der Waals surface area contributed by atoms with E-state index in [0.29, 0.717) is 0 Å². The van der Waals surface area contributed by atoms with Crippen molar-refractivity contribution < 1.29 is 41.1 Å². The molecule has 26 heavy (non-hydrogen) atoms. The average Bonchev–Trinajstić information content (AvgIpc) is 2.54. The summed E-state index contributed by atoms with van der Waals surface area (Å²) in [6, 6.07) is 3.78. The molecular weight excluding hydrogens is 378 g/mol. The number of carbonyl (C=O) groups is 1. The van der Waals surface area contributed by atoms with Gasteiger partial charge in [-0.2, -0.15) is 13.2 Å². The molecule has 0 radical (unpaired) electrons. The molecule has 1 unspecified atom stereocenters. The highest BCUT2D eigenvalue weighted by molar-refractivity contribution is 7.54. The molecule has 0 saturated heterocycles. The molecule has 1 amide bonds. The summed E-state index contributed by atoms with van der Waals surface area (Å²) in [5.74, 6) is -3.25. The molecule has 1 N–H and O–H groups in total. The Balaban J connectivity index is 3.33. The molecule has 0 bridgehead atoms. The van der Waals surface area contributed by atoms with Crippen molar-refractivity contribution in [2.75, 3.05) is 32.8 Å². The number of hydrogen-bond acceptors (Lipinski definition) is 6. The van der Waals surface area contributed by atoms with Crippen LogP contribution in [0.3, 0.4) is 0 Å². The van der Waals surface area contributed by atoms with E-state index in [1.807, 2.05) is 0 Å². The van der Waals surface area contributed by atoms with Gasteiger partial charge in [0.05, 0.1) is 20.3 Å². The van der Waals surface area contributed by atoms with Gasteiger partial charge in [-0.05, 0) is 31.5 Å². The fraction of sp³-hybridized carbons (Fsp3) is 0.533. The predicted octanol–water partition coefficient (Wildman–Crippen LogP) is 4.11. The Labute approximate surface area is 149 Å². The summed E-state index contributed by atoms with van der Waals surface area (Å²) >= 11 is 0. The van der Waals surface area contributed by atoms with E-state index in [9.17, 15) is 22.5 Å². The number of alkyl halides is 3. The van der Waals surface area contributed by atoms with Crippen molar-refractivity contribution in [1.82, 2.24) is 0 Å². The molecule has 1 rings (SSSR count). The lowest BCUT2D eigenvalue weighted by Gasteiger charge is -2.26. The first-order valence-corrected chi connectivity index (χ1v) is 9.21. The number of halogens is 3. The second-order valence-electron chi connectivity index (χ2n) is 4.91. The monoisotopic (exact) mass is 399 g/mol. The lowest BCUT2D eigenvalue weighted by Crippen LogP contribution is -2.30. The maximum absolute atomic E-state index is 13.0. The maximum Gasteiger partial charge on any atom is 0.471 e. The quantitative estimate of drug-likeness (QED) is 0.630. The third kappa shape index (κ3) is 5.70. The largest absolute Gasteiger partial charge is 0.497 e. The molecule has 7 nitrogen and oxygen atoms in total. The first kappa shape index (κ1) is 22.4. The van der Waals surface area contributed by atoms with E-state index < -0.39 is 25.5 Å². The van der Waals surface area contributed by atoms with Crippen LogP contribution in [0.5, 0.6) is 5.75 Å². The van der Waals surface area contributed by atoms with Gasteiger partial charge in [0, 0.05) is 18.9 Å². The van der Waals surface area contributed by atoms with Crippen molar-refractivity contribution in [1.29, 1.82) is 0 Å². The summed E-state index contributed by atoms with van der Waals surface area (Å²) < 4.78 is 71.1. The molecule has 0 aromatic heterocycles. The number of nitrogens with one attached hydrogen (secondary N) is 1. The van der Waals surface area contributed by atoms with Gasteiger partial charge in [0.1, 0.15) is 5.75 Å². The fourth-order valence-electron chi connectivity index (χ4n) is 2.14. The van der Waals surface area contributed by atoms with E-state index in [1.165, 1.54) is 32.4 Å². The van der Waals surface area contributed by atoms with Crippen LogP contribution in [-0.4, -0.2) is 39.5 Å². The summed E-state index contributed by atoms with van der Waals surface area (Å²) in [6.07, 6.45) is -5.06. The molecule has 0 aliphatic carbocycles. The topological polar surface area (TPSA) is 83.1 Å².